The molecule has 0 saturated heterocycles. The van der Waals surface area contributed by atoms with Crippen molar-refractivity contribution in [3.8, 4) is 5.75 Å². The van der Waals surface area contributed by atoms with E-state index in [1.807, 2.05) is 35.1 Å². The standard InChI is InChI=1S/C23H28N6O5S/c1-28-16-24-14-19(28)15-25-35(32,33)27-23(31)26-21(13-17-7-5-4-6-8-17)22(30)29(2)18-9-11-20(34-3)12-10-18/h4-12,14,16,21,25H,13,15H2,1-3H3,(H2,26,27,31)/t21-/m0/s1. The van der Waals surface area contributed by atoms with Crippen LogP contribution < -0.4 is 24.4 Å². The van der Waals surface area contributed by atoms with E-state index in [1.54, 1.807) is 50.0 Å². The van der Waals surface area contributed by atoms with Crippen molar-refractivity contribution in [2.45, 2.75) is 19.0 Å². The van der Waals surface area contributed by atoms with Crippen LogP contribution in [0.4, 0.5) is 10.5 Å². The molecule has 1 aromatic heterocycles. The number of carbonyl (C=O) groups is 2. The van der Waals surface area contributed by atoms with Crippen LogP contribution in [0.15, 0.2) is 67.1 Å². The van der Waals surface area contributed by atoms with Crippen LogP contribution >= 0.6 is 0 Å². The van der Waals surface area contributed by atoms with Gasteiger partial charge in [0.2, 0.25) is 5.91 Å². The van der Waals surface area contributed by atoms with Crippen LogP contribution in [0.3, 0.4) is 0 Å². The van der Waals surface area contributed by atoms with Gasteiger partial charge < -0.3 is 19.5 Å². The summed E-state index contributed by atoms with van der Waals surface area (Å²) in [5, 5.41) is 2.50. The minimum absolute atomic E-state index is 0.0638. The van der Waals surface area contributed by atoms with Crippen LogP contribution in [0.25, 0.3) is 0 Å². The van der Waals surface area contributed by atoms with Crippen molar-refractivity contribution in [2.24, 2.45) is 7.05 Å². The molecule has 35 heavy (non-hydrogen) atoms. The molecule has 2 aromatic carbocycles. The van der Waals surface area contributed by atoms with Crippen LogP contribution in [-0.2, 0) is 35.0 Å². The Morgan fingerprint density at radius 3 is 2.40 bits per heavy atom. The number of carbonyl (C=O) groups excluding carboxylic acids is 2. The lowest BCUT2D eigenvalue weighted by molar-refractivity contribution is -0.120. The second-order valence-electron chi connectivity index (χ2n) is 7.73. The van der Waals surface area contributed by atoms with E-state index >= 15 is 0 Å². The Labute approximate surface area is 204 Å². The number of hydrogen-bond donors (Lipinski definition) is 3. The largest absolute Gasteiger partial charge is 0.497 e. The van der Waals surface area contributed by atoms with E-state index in [0.29, 0.717) is 17.1 Å². The second kappa shape index (κ2) is 11.5. The zero-order chi connectivity index (χ0) is 25.4. The molecule has 0 unspecified atom stereocenters. The average molecular weight is 501 g/mol. The highest BCUT2D eigenvalue weighted by Gasteiger charge is 2.27. The van der Waals surface area contributed by atoms with Gasteiger partial charge >= 0.3 is 16.2 Å². The highest BCUT2D eigenvalue weighted by atomic mass is 32.2. The Bertz CT molecular complexity index is 1240. The molecular weight excluding hydrogens is 472 g/mol. The first-order chi connectivity index (χ1) is 16.7. The number of likely N-dealkylation sites (N-methyl/N-ethyl adjacent to an activating group) is 1. The van der Waals surface area contributed by atoms with Crippen LogP contribution in [0, 0.1) is 0 Å². The number of hydrogen-bond acceptors (Lipinski definition) is 6. The van der Waals surface area contributed by atoms with E-state index in [0.717, 1.165) is 5.56 Å². The smallest absolute Gasteiger partial charge is 0.330 e. The lowest BCUT2D eigenvalue weighted by Crippen LogP contribution is -2.54. The molecule has 3 N–H and O–H groups in total. The molecule has 0 aliphatic heterocycles. The average Bonchev–Trinajstić information content (AvgIpc) is 3.26. The van der Waals surface area contributed by atoms with Crippen LogP contribution in [0.2, 0.25) is 0 Å². The number of ether oxygens (including phenoxy) is 1. The zero-order valence-electron chi connectivity index (χ0n) is 19.6. The van der Waals surface area contributed by atoms with Gasteiger partial charge in [-0.25, -0.2) is 14.5 Å². The van der Waals surface area contributed by atoms with Crippen molar-refractivity contribution < 1.29 is 22.7 Å². The summed E-state index contributed by atoms with van der Waals surface area (Å²) >= 11 is 0. The van der Waals surface area contributed by atoms with Gasteiger partial charge in [-0.05, 0) is 29.8 Å². The number of rotatable bonds is 10. The van der Waals surface area contributed by atoms with E-state index in [4.69, 9.17) is 4.74 Å². The van der Waals surface area contributed by atoms with Crippen LogP contribution in [0.5, 0.6) is 5.75 Å². The van der Waals surface area contributed by atoms with Crippen molar-refractivity contribution >= 4 is 27.8 Å². The first-order valence-electron chi connectivity index (χ1n) is 10.7. The van der Waals surface area contributed by atoms with Crippen molar-refractivity contribution in [3.63, 3.8) is 0 Å². The van der Waals surface area contributed by atoms with Crippen LogP contribution in [0.1, 0.15) is 11.3 Å². The van der Waals surface area contributed by atoms with Gasteiger partial charge in [0.05, 0.1) is 25.7 Å². The normalized spacial score (nSPS) is 12.0. The molecule has 11 nitrogen and oxygen atoms in total. The second-order valence-corrected chi connectivity index (χ2v) is 9.23. The summed E-state index contributed by atoms with van der Waals surface area (Å²) in [6.45, 7) is -0.0638. The molecule has 1 atom stereocenters. The van der Waals surface area contributed by atoms with Crippen molar-refractivity contribution in [1.29, 1.82) is 0 Å². The lowest BCUT2D eigenvalue weighted by Gasteiger charge is -2.25. The number of urea groups is 1. The summed E-state index contributed by atoms with van der Waals surface area (Å²) in [6.07, 6.45) is 3.20. The van der Waals surface area contributed by atoms with Gasteiger partial charge in [-0.1, -0.05) is 30.3 Å². The molecule has 186 valence electrons. The fraction of sp³-hybridized carbons (Fsp3) is 0.261. The quantitative estimate of drug-likeness (QED) is 0.385. The molecule has 0 saturated carbocycles. The molecular formula is C23H28N6O5S. The summed E-state index contributed by atoms with van der Waals surface area (Å²) in [4.78, 5) is 31.2. The van der Waals surface area contributed by atoms with E-state index in [2.05, 4.69) is 15.0 Å². The van der Waals surface area contributed by atoms with Gasteiger partial charge in [0.1, 0.15) is 11.8 Å². The maximum atomic E-state index is 13.3. The number of amides is 3. The molecule has 0 spiro atoms. The Morgan fingerprint density at radius 2 is 1.80 bits per heavy atom. The molecule has 12 heteroatoms. The predicted molar refractivity (Wildman–Crippen MR) is 131 cm³/mol. The van der Waals surface area contributed by atoms with Gasteiger partial charge in [0.15, 0.2) is 0 Å². The summed E-state index contributed by atoms with van der Waals surface area (Å²) < 4.78 is 35.7. The highest BCUT2D eigenvalue weighted by molar-refractivity contribution is 7.88. The Morgan fingerprint density at radius 1 is 1.11 bits per heavy atom. The SMILES string of the molecule is COc1ccc(N(C)C(=O)[C@H](Cc2ccccc2)NC(=O)NS(=O)(=O)NCc2cncn2C)cc1. The number of aromatic nitrogens is 2. The minimum Gasteiger partial charge on any atom is -0.497 e. The fourth-order valence-corrected chi connectivity index (χ4v) is 4.00. The summed E-state index contributed by atoms with van der Waals surface area (Å²) in [5.41, 5.74) is 1.99. The molecule has 0 bridgehead atoms. The third-order valence-electron chi connectivity index (χ3n) is 5.26. The zero-order valence-corrected chi connectivity index (χ0v) is 20.5. The molecule has 1 heterocycles. The molecule has 0 fully saturated rings. The molecule has 0 aliphatic carbocycles. The van der Waals surface area contributed by atoms with Crippen LogP contribution in [-0.4, -0.2) is 50.1 Å². The number of anilines is 1. The predicted octanol–water partition coefficient (Wildman–Crippen LogP) is 1.34. The summed E-state index contributed by atoms with van der Waals surface area (Å²) in [5.74, 6) is 0.214. The van der Waals surface area contributed by atoms with Crippen molar-refractivity contribution in [3.05, 3.63) is 78.4 Å². The van der Waals surface area contributed by atoms with Crippen molar-refractivity contribution in [2.75, 3.05) is 19.1 Å². The topological polar surface area (TPSA) is 135 Å². The fourth-order valence-electron chi connectivity index (χ4n) is 3.29. The minimum atomic E-state index is -4.19. The Hall–Kier alpha value is -3.90. The van der Waals surface area contributed by atoms with Gasteiger partial charge in [0.25, 0.3) is 0 Å². The number of aryl methyl sites for hydroxylation is 1. The highest BCUT2D eigenvalue weighted by Crippen LogP contribution is 2.19. The van der Waals surface area contributed by atoms with E-state index < -0.39 is 28.2 Å². The van der Waals surface area contributed by atoms with E-state index in [1.165, 1.54) is 17.4 Å². The van der Waals surface area contributed by atoms with Gasteiger partial charge in [-0.15, -0.1) is 0 Å². The monoisotopic (exact) mass is 500 g/mol. The number of nitrogens with zero attached hydrogens (tertiary/aromatic N) is 3. The number of benzene rings is 2. The molecule has 3 rings (SSSR count). The number of imidazole rings is 1. The van der Waals surface area contributed by atoms with E-state index in [-0.39, 0.29) is 13.0 Å². The van der Waals surface area contributed by atoms with Gasteiger partial charge in [-0.2, -0.15) is 13.1 Å². The van der Waals surface area contributed by atoms with E-state index in [9.17, 15) is 18.0 Å². The molecule has 0 aliphatic rings. The summed E-state index contributed by atoms with van der Waals surface area (Å²) in [6, 6.07) is 13.9. The number of nitrogens with one attached hydrogen (secondary N) is 3. The molecule has 3 amide bonds. The summed E-state index contributed by atoms with van der Waals surface area (Å²) in [7, 11) is 0.649. The van der Waals surface area contributed by atoms with Gasteiger partial charge in [0, 0.05) is 32.4 Å². The molecule has 3 aromatic rings. The lowest BCUT2D eigenvalue weighted by atomic mass is 10.0. The van der Waals surface area contributed by atoms with Gasteiger partial charge in [-0.3, -0.25) is 4.79 Å². The third-order valence-corrected chi connectivity index (χ3v) is 6.24. The molecule has 0 radical (unpaired) electrons. The maximum Gasteiger partial charge on any atom is 0.330 e. The number of methoxy groups -OCH3 is 1. The Balaban J connectivity index is 1.71. The Kier molecular flexibility index (Phi) is 8.44. The maximum absolute atomic E-state index is 13.3. The van der Waals surface area contributed by atoms with Crippen molar-refractivity contribution in [1.82, 2.24) is 24.3 Å². The first kappa shape index (κ1) is 25.7. The first-order valence-corrected chi connectivity index (χ1v) is 12.2. The third kappa shape index (κ3) is 7.29.